The number of nitrogens with one attached hydrogen (secondary N) is 1. The molecule has 1 saturated carbocycles. The number of benzene rings is 1. The highest BCUT2D eigenvalue weighted by atomic mass is 19.1. The number of carbonyl (C=O) groups excluding carboxylic acids is 1. The summed E-state index contributed by atoms with van der Waals surface area (Å²) in [6.07, 6.45) is 7.60. The van der Waals surface area contributed by atoms with Crippen LogP contribution >= 0.6 is 0 Å². The number of halogens is 1. The first-order chi connectivity index (χ1) is 9.24. The van der Waals surface area contributed by atoms with Crippen LogP contribution in [0.25, 0.3) is 0 Å². The molecule has 0 radical (unpaired) electrons. The third-order valence-electron chi connectivity index (χ3n) is 3.87. The SMILES string of the molecule is O=C(CCc1ccc(F)cc1)NCC1CCCCC1. The molecule has 3 heteroatoms. The fraction of sp³-hybridized carbons (Fsp3) is 0.562. The van der Waals surface area contributed by atoms with Crippen molar-refractivity contribution in [2.45, 2.75) is 44.9 Å². The van der Waals surface area contributed by atoms with Crippen molar-refractivity contribution in [2.24, 2.45) is 5.92 Å². The lowest BCUT2D eigenvalue weighted by Crippen LogP contribution is -2.30. The molecule has 0 saturated heterocycles. The first-order valence-corrected chi connectivity index (χ1v) is 7.25. The van der Waals surface area contributed by atoms with E-state index in [4.69, 9.17) is 0 Å². The molecule has 2 rings (SSSR count). The molecule has 1 aromatic carbocycles. The summed E-state index contributed by atoms with van der Waals surface area (Å²) in [5.74, 6) is 0.545. The van der Waals surface area contributed by atoms with Gasteiger partial charge in [-0.05, 0) is 42.9 Å². The molecule has 1 fully saturated rings. The van der Waals surface area contributed by atoms with Crippen LogP contribution in [0.2, 0.25) is 0 Å². The van der Waals surface area contributed by atoms with E-state index in [0.717, 1.165) is 12.1 Å². The predicted molar refractivity (Wildman–Crippen MR) is 74.3 cm³/mol. The van der Waals surface area contributed by atoms with Crippen LogP contribution in [0.5, 0.6) is 0 Å². The summed E-state index contributed by atoms with van der Waals surface area (Å²) in [6, 6.07) is 6.36. The van der Waals surface area contributed by atoms with E-state index < -0.39 is 0 Å². The number of hydrogen-bond donors (Lipinski definition) is 1. The Morgan fingerprint density at radius 2 is 1.84 bits per heavy atom. The van der Waals surface area contributed by atoms with Gasteiger partial charge >= 0.3 is 0 Å². The third kappa shape index (κ3) is 5.01. The van der Waals surface area contributed by atoms with Crippen LogP contribution in [0.3, 0.4) is 0 Å². The Kier molecular flexibility index (Phi) is 5.37. The van der Waals surface area contributed by atoms with Crippen molar-refractivity contribution in [3.05, 3.63) is 35.6 Å². The molecular weight excluding hydrogens is 241 g/mol. The van der Waals surface area contributed by atoms with Crippen LogP contribution in [0.1, 0.15) is 44.1 Å². The quantitative estimate of drug-likeness (QED) is 0.866. The minimum absolute atomic E-state index is 0.106. The molecule has 0 heterocycles. The molecular formula is C16H22FNO. The average molecular weight is 263 g/mol. The first kappa shape index (κ1) is 14.0. The summed E-state index contributed by atoms with van der Waals surface area (Å²) in [5.41, 5.74) is 1.01. The maximum Gasteiger partial charge on any atom is 0.220 e. The standard InChI is InChI=1S/C16H22FNO/c17-15-9-6-13(7-10-15)8-11-16(19)18-12-14-4-2-1-3-5-14/h6-7,9-10,14H,1-5,8,11-12H2,(H,18,19). The largest absolute Gasteiger partial charge is 0.356 e. The summed E-state index contributed by atoms with van der Waals surface area (Å²) < 4.78 is 12.7. The summed E-state index contributed by atoms with van der Waals surface area (Å²) in [7, 11) is 0. The third-order valence-corrected chi connectivity index (χ3v) is 3.87. The Labute approximate surface area is 114 Å². The summed E-state index contributed by atoms with van der Waals surface area (Å²) in [5, 5.41) is 3.02. The summed E-state index contributed by atoms with van der Waals surface area (Å²) >= 11 is 0. The van der Waals surface area contributed by atoms with Gasteiger partial charge in [-0.3, -0.25) is 4.79 Å². The van der Waals surface area contributed by atoms with Gasteiger partial charge in [0, 0.05) is 13.0 Å². The lowest BCUT2D eigenvalue weighted by atomic mass is 9.89. The van der Waals surface area contributed by atoms with Crippen molar-refractivity contribution in [2.75, 3.05) is 6.54 Å². The van der Waals surface area contributed by atoms with Crippen molar-refractivity contribution in [3.8, 4) is 0 Å². The highest BCUT2D eigenvalue weighted by Gasteiger charge is 2.14. The number of hydrogen-bond acceptors (Lipinski definition) is 1. The molecule has 19 heavy (non-hydrogen) atoms. The zero-order chi connectivity index (χ0) is 13.5. The minimum Gasteiger partial charge on any atom is -0.356 e. The first-order valence-electron chi connectivity index (χ1n) is 7.25. The zero-order valence-corrected chi connectivity index (χ0v) is 11.3. The van der Waals surface area contributed by atoms with Crippen LogP contribution in [-0.4, -0.2) is 12.5 Å². The normalized spacial score (nSPS) is 16.3. The Morgan fingerprint density at radius 1 is 1.16 bits per heavy atom. The van der Waals surface area contributed by atoms with E-state index in [2.05, 4.69) is 5.32 Å². The van der Waals surface area contributed by atoms with Crippen LogP contribution in [-0.2, 0) is 11.2 Å². The molecule has 0 spiro atoms. The van der Waals surface area contributed by atoms with Gasteiger partial charge in [-0.1, -0.05) is 31.4 Å². The van der Waals surface area contributed by atoms with Crippen LogP contribution in [0.15, 0.2) is 24.3 Å². The molecule has 2 nitrogen and oxygen atoms in total. The van der Waals surface area contributed by atoms with Gasteiger partial charge in [-0.15, -0.1) is 0 Å². The van der Waals surface area contributed by atoms with Crippen LogP contribution in [0.4, 0.5) is 4.39 Å². The number of aryl methyl sites for hydroxylation is 1. The second-order valence-electron chi connectivity index (χ2n) is 5.43. The molecule has 1 amide bonds. The van der Waals surface area contributed by atoms with Crippen molar-refractivity contribution in [1.82, 2.24) is 5.32 Å². The average Bonchev–Trinajstić information content (AvgIpc) is 2.45. The van der Waals surface area contributed by atoms with Gasteiger partial charge < -0.3 is 5.32 Å². The minimum atomic E-state index is -0.231. The predicted octanol–water partition coefficient (Wildman–Crippen LogP) is 3.45. The van der Waals surface area contributed by atoms with E-state index in [1.54, 1.807) is 12.1 Å². The van der Waals surface area contributed by atoms with E-state index in [9.17, 15) is 9.18 Å². The second-order valence-corrected chi connectivity index (χ2v) is 5.43. The second kappa shape index (κ2) is 7.27. The Balaban J connectivity index is 1.65. The topological polar surface area (TPSA) is 29.1 Å². The smallest absolute Gasteiger partial charge is 0.220 e. The lowest BCUT2D eigenvalue weighted by molar-refractivity contribution is -0.121. The fourth-order valence-electron chi connectivity index (χ4n) is 2.65. The molecule has 104 valence electrons. The van der Waals surface area contributed by atoms with Crippen LogP contribution < -0.4 is 5.32 Å². The maximum atomic E-state index is 12.7. The van der Waals surface area contributed by atoms with E-state index in [-0.39, 0.29) is 11.7 Å². The Hall–Kier alpha value is -1.38. The van der Waals surface area contributed by atoms with Gasteiger partial charge in [0.15, 0.2) is 0 Å². The summed E-state index contributed by atoms with van der Waals surface area (Å²) in [6.45, 7) is 0.822. The van der Waals surface area contributed by atoms with Crippen molar-refractivity contribution >= 4 is 5.91 Å². The monoisotopic (exact) mass is 263 g/mol. The lowest BCUT2D eigenvalue weighted by Gasteiger charge is -2.21. The molecule has 0 aliphatic heterocycles. The fourth-order valence-corrected chi connectivity index (χ4v) is 2.65. The van der Waals surface area contributed by atoms with E-state index in [0.29, 0.717) is 18.8 Å². The maximum absolute atomic E-state index is 12.7. The Bertz CT molecular complexity index is 396. The molecule has 0 aromatic heterocycles. The van der Waals surface area contributed by atoms with Gasteiger partial charge in [-0.2, -0.15) is 0 Å². The van der Waals surface area contributed by atoms with E-state index in [1.807, 2.05) is 0 Å². The van der Waals surface area contributed by atoms with Crippen LogP contribution in [0, 0.1) is 11.7 Å². The molecule has 1 N–H and O–H groups in total. The van der Waals surface area contributed by atoms with Crippen molar-refractivity contribution in [3.63, 3.8) is 0 Å². The number of amides is 1. The van der Waals surface area contributed by atoms with E-state index >= 15 is 0 Å². The summed E-state index contributed by atoms with van der Waals surface area (Å²) in [4.78, 5) is 11.7. The van der Waals surface area contributed by atoms with Gasteiger partial charge in [0.05, 0.1) is 0 Å². The molecule has 1 aliphatic rings. The molecule has 0 bridgehead atoms. The molecule has 0 atom stereocenters. The molecule has 1 aromatic rings. The van der Waals surface area contributed by atoms with Gasteiger partial charge in [0.25, 0.3) is 0 Å². The van der Waals surface area contributed by atoms with Gasteiger partial charge in [0.2, 0.25) is 5.91 Å². The number of carbonyl (C=O) groups is 1. The highest BCUT2D eigenvalue weighted by Crippen LogP contribution is 2.22. The van der Waals surface area contributed by atoms with Gasteiger partial charge in [0.1, 0.15) is 5.82 Å². The van der Waals surface area contributed by atoms with Gasteiger partial charge in [-0.25, -0.2) is 4.39 Å². The number of rotatable bonds is 5. The van der Waals surface area contributed by atoms with Crippen molar-refractivity contribution in [1.29, 1.82) is 0 Å². The zero-order valence-electron chi connectivity index (χ0n) is 11.3. The Morgan fingerprint density at radius 3 is 2.53 bits per heavy atom. The molecule has 1 aliphatic carbocycles. The van der Waals surface area contributed by atoms with E-state index in [1.165, 1.54) is 44.2 Å². The van der Waals surface area contributed by atoms with Crippen molar-refractivity contribution < 1.29 is 9.18 Å². The highest BCUT2D eigenvalue weighted by molar-refractivity contribution is 5.76. The molecule has 0 unspecified atom stereocenters.